The summed E-state index contributed by atoms with van der Waals surface area (Å²) in [5.41, 5.74) is 3.12. The molecular weight excluding hydrogens is 1600 g/mol. The Hall–Kier alpha value is -4.24. The van der Waals surface area contributed by atoms with Crippen LogP contribution < -0.4 is 4.74 Å². The van der Waals surface area contributed by atoms with Gasteiger partial charge in [0.05, 0.1) is 37.3 Å². The molecule has 1 fully saturated rings. The third kappa shape index (κ3) is 60.4. The maximum Gasteiger partial charge on any atom is 0.308 e. The quantitative estimate of drug-likeness (QED) is 0.0308. The van der Waals surface area contributed by atoms with Crippen LogP contribution in [-0.2, 0) is 56.0 Å². The highest BCUT2D eigenvalue weighted by atomic mass is 16.7. The highest BCUT2D eigenvalue weighted by Crippen LogP contribution is 2.35. The summed E-state index contributed by atoms with van der Waals surface area (Å²) in [6.07, 6.45) is 79.3. The van der Waals surface area contributed by atoms with Crippen LogP contribution in [0.4, 0.5) is 0 Å². The molecule has 0 N–H and O–H groups in total. The van der Waals surface area contributed by atoms with E-state index in [4.69, 9.17) is 37.9 Å². The molecule has 0 amide bonds. The molecule has 17 atom stereocenters. The van der Waals surface area contributed by atoms with Crippen LogP contribution in [0.15, 0.2) is 84.9 Å². The van der Waals surface area contributed by atoms with Crippen LogP contribution in [0.25, 0.3) is 0 Å². The molecule has 1 aliphatic rings. The van der Waals surface area contributed by atoms with E-state index in [-0.39, 0.29) is 54.3 Å². The number of ether oxygens (including phenoxy) is 8. The number of methoxy groups -OCH3 is 2. The molecule has 0 saturated carbocycles. The highest BCUT2D eigenvalue weighted by Gasteiger charge is 2.48. The van der Waals surface area contributed by atoms with Gasteiger partial charge >= 0.3 is 11.9 Å². The average Bonchev–Trinajstić information content (AvgIpc) is 0.790. The van der Waals surface area contributed by atoms with E-state index in [0.29, 0.717) is 55.0 Å². The normalized spacial score (nSPS) is 18.1. The van der Waals surface area contributed by atoms with Crippen LogP contribution in [0.5, 0.6) is 5.75 Å². The van der Waals surface area contributed by atoms with Gasteiger partial charge in [0, 0.05) is 32.6 Å². The van der Waals surface area contributed by atoms with E-state index in [0.717, 1.165) is 118 Å². The number of hydrogen-bond donors (Lipinski definition) is 0. The molecule has 3 aromatic carbocycles. The number of hydrogen-bond acceptors (Lipinski definition) is 10. The largest absolute Gasteiger partial charge is 0.462 e. The molecule has 0 aromatic heterocycles. The lowest BCUT2D eigenvalue weighted by Gasteiger charge is -2.44. The van der Waals surface area contributed by atoms with Gasteiger partial charge in [-0.2, -0.15) is 0 Å². The van der Waals surface area contributed by atoms with Crippen molar-refractivity contribution in [1.82, 2.24) is 0 Å². The van der Waals surface area contributed by atoms with Gasteiger partial charge in [-0.05, 0) is 167 Å². The van der Waals surface area contributed by atoms with Gasteiger partial charge in [-0.3, -0.25) is 9.59 Å². The number of benzene rings is 3. The standard InChI is InChI=1S/C120H208O10/c1-16-19-21-23-25-27-29-31-33-35-37-39-43-47-51-55-59-65-75-98(4)89-100(6)91-102(8)93-105(11)118(121)128-112(95-113(84-74-73-77-104(10)114(18-3)123-14)129-119(122)106(12)94-103(9)92-101(7)90-99(5)76-66-60-56-52-48-44-40-38-36-34-32-30-28-26-24-22-20-17-2)83-72-62-58-54-50-46-42-41-45-49-53-57-61-67-78-108-85-87-111(88-86-108)130-120-117(124-15)116(126-97-110-81-70-64-71-82-110)115(107(13)127-120)125-96-109-79-68-63-69-80-109/h63-64,68-71,79-82,85-88,98-107,112-117,120H,16-62,65-66,72-77,83-84,89-97H2,1-15H3/t98-,99-,100-,101-,102-,103-,104+,105-,106-,107+,112-,113-,114-,115+,116-,117-,120+/m1/s1. The Kier molecular flexibility index (Phi) is 72.5. The molecule has 10 heteroatoms. The van der Waals surface area contributed by atoms with Gasteiger partial charge in [-0.25, -0.2) is 0 Å². The Morgan fingerprint density at radius 3 is 1.03 bits per heavy atom. The number of carbonyl (C=O) groups excluding carboxylic acids is 2. The Morgan fingerprint density at radius 1 is 0.346 bits per heavy atom. The monoisotopic (exact) mass is 1810 g/mol. The third-order valence-electron chi connectivity index (χ3n) is 29.0. The second kappa shape index (κ2) is 79.8. The van der Waals surface area contributed by atoms with Gasteiger partial charge in [-0.15, -0.1) is 0 Å². The van der Waals surface area contributed by atoms with Gasteiger partial charge in [0.25, 0.3) is 0 Å². The molecule has 1 heterocycles. The van der Waals surface area contributed by atoms with Gasteiger partial charge in [0.2, 0.25) is 6.29 Å². The summed E-state index contributed by atoms with van der Waals surface area (Å²) in [5.74, 6) is 11.1. The highest BCUT2D eigenvalue weighted by molar-refractivity contribution is 5.73. The van der Waals surface area contributed by atoms with Crippen LogP contribution in [-0.4, -0.2) is 75.2 Å². The van der Waals surface area contributed by atoms with E-state index in [9.17, 15) is 9.59 Å². The van der Waals surface area contributed by atoms with Crippen LogP contribution >= 0.6 is 0 Å². The molecule has 1 aliphatic heterocycles. The molecular formula is C120H208O10. The van der Waals surface area contributed by atoms with Crippen LogP contribution in [0.2, 0.25) is 0 Å². The molecule has 130 heavy (non-hydrogen) atoms. The van der Waals surface area contributed by atoms with E-state index in [2.05, 4.69) is 119 Å². The second-order valence-electron chi connectivity index (χ2n) is 42.4. The summed E-state index contributed by atoms with van der Waals surface area (Å²) >= 11 is 0. The molecule has 0 bridgehead atoms. The van der Waals surface area contributed by atoms with Crippen LogP contribution in [0.3, 0.4) is 0 Å². The van der Waals surface area contributed by atoms with Gasteiger partial charge < -0.3 is 37.9 Å². The minimum Gasteiger partial charge on any atom is -0.462 e. The summed E-state index contributed by atoms with van der Waals surface area (Å²) in [5, 5.41) is 0. The van der Waals surface area contributed by atoms with E-state index in [1.807, 2.05) is 74.7 Å². The van der Waals surface area contributed by atoms with Crippen molar-refractivity contribution in [2.24, 2.45) is 53.3 Å². The SMILES string of the molecule is CCCCCCCCCCCCCCCCCCCC[C@@H](C)C[C@@H](C)C[C@@H](C)C[C@@H](C)C(=O)O[C@H](CCCCCCCCCCCCCCC#Cc1ccc(O[C@@H]2O[C@@H](C)[C@H](OCc3ccccc3)[C@@H](OCc3ccccc3)[C@H]2OC)cc1)C[C@@H](CCCC[C@H](C)[C@@H](CC)OC)OC(=O)[C@H](C)C[C@H](C)C[C@H](C)C[C@H](C)CCCCCCCCCCCCCCCCCCCC. The van der Waals surface area contributed by atoms with Gasteiger partial charge in [0.15, 0.2) is 0 Å². The summed E-state index contributed by atoms with van der Waals surface area (Å²) in [6, 6.07) is 28.3. The first-order chi connectivity index (χ1) is 63.4. The maximum atomic E-state index is 14.5. The molecule has 3 aromatic rings. The summed E-state index contributed by atoms with van der Waals surface area (Å²) < 4.78 is 51.6. The summed E-state index contributed by atoms with van der Waals surface area (Å²) in [6.45, 7) is 30.8. The molecule has 0 aliphatic carbocycles. The summed E-state index contributed by atoms with van der Waals surface area (Å²) in [4.78, 5) is 29.0. The molecule has 0 radical (unpaired) electrons. The third-order valence-corrected chi connectivity index (χ3v) is 29.0. The Balaban J connectivity index is 1.23. The number of esters is 2. The van der Waals surface area contributed by atoms with Crippen molar-refractivity contribution in [3.05, 3.63) is 102 Å². The predicted octanol–water partition coefficient (Wildman–Crippen LogP) is 35.9. The first-order valence-corrected chi connectivity index (χ1v) is 56.0. The zero-order valence-electron chi connectivity index (χ0n) is 87.6. The van der Waals surface area contributed by atoms with Crippen molar-refractivity contribution in [2.75, 3.05) is 14.2 Å². The van der Waals surface area contributed by atoms with E-state index in [1.54, 1.807) is 7.11 Å². The molecule has 4 rings (SSSR count). The maximum absolute atomic E-state index is 14.5. The van der Waals surface area contributed by atoms with E-state index < -0.39 is 18.5 Å². The van der Waals surface area contributed by atoms with Crippen molar-refractivity contribution in [2.45, 2.75) is 563 Å². The topological polar surface area (TPSA) is 108 Å². The number of carbonyl (C=O) groups is 2. The lowest BCUT2D eigenvalue weighted by Crippen LogP contribution is -2.60. The minimum atomic E-state index is -0.701. The van der Waals surface area contributed by atoms with E-state index >= 15 is 0 Å². The fraction of sp³-hybridized carbons (Fsp3) is 0.817. The average molecular weight is 1810 g/mol. The molecule has 10 nitrogen and oxygen atoms in total. The summed E-state index contributed by atoms with van der Waals surface area (Å²) in [7, 11) is 3.52. The van der Waals surface area contributed by atoms with Crippen LogP contribution in [0, 0.1) is 65.1 Å². The van der Waals surface area contributed by atoms with E-state index in [1.165, 1.54) is 315 Å². The van der Waals surface area contributed by atoms with Crippen molar-refractivity contribution < 1.29 is 47.5 Å². The first-order valence-electron chi connectivity index (χ1n) is 56.0. The minimum absolute atomic E-state index is 0.0703. The molecule has 1 saturated heterocycles. The molecule has 748 valence electrons. The van der Waals surface area contributed by atoms with Crippen molar-refractivity contribution >= 4 is 11.9 Å². The lowest BCUT2D eigenvalue weighted by atomic mass is 9.84. The number of unbranched alkanes of at least 4 members (excludes halogenated alkanes) is 47. The lowest BCUT2D eigenvalue weighted by molar-refractivity contribution is -0.294. The smallest absolute Gasteiger partial charge is 0.308 e. The Morgan fingerprint density at radius 2 is 0.669 bits per heavy atom. The fourth-order valence-corrected chi connectivity index (χ4v) is 21.2. The van der Waals surface area contributed by atoms with Crippen LogP contribution in [0.1, 0.15) is 518 Å². The number of rotatable bonds is 87. The Labute approximate surface area is 804 Å². The van der Waals surface area contributed by atoms with Gasteiger partial charge in [-0.1, -0.05) is 470 Å². The predicted molar refractivity (Wildman–Crippen MR) is 555 cm³/mol. The van der Waals surface area contributed by atoms with Crippen molar-refractivity contribution in [3.8, 4) is 17.6 Å². The fourth-order valence-electron chi connectivity index (χ4n) is 21.2. The second-order valence-corrected chi connectivity index (χ2v) is 42.4. The zero-order valence-corrected chi connectivity index (χ0v) is 87.6. The first kappa shape index (κ1) is 118. The zero-order chi connectivity index (χ0) is 93.9. The van der Waals surface area contributed by atoms with Crippen molar-refractivity contribution in [1.29, 1.82) is 0 Å². The Bertz CT molecular complexity index is 3090. The molecule has 0 spiro atoms. The molecule has 0 unspecified atom stereocenters. The van der Waals surface area contributed by atoms with Gasteiger partial charge in [0.1, 0.15) is 36.3 Å². The van der Waals surface area contributed by atoms with Crippen molar-refractivity contribution in [3.63, 3.8) is 0 Å².